The first-order valence-corrected chi connectivity index (χ1v) is 9.48. The van der Waals surface area contributed by atoms with Crippen molar-refractivity contribution < 1.29 is 4.42 Å². The van der Waals surface area contributed by atoms with Gasteiger partial charge in [-0.05, 0) is 24.0 Å². The van der Waals surface area contributed by atoms with Crippen molar-refractivity contribution in [1.29, 1.82) is 0 Å². The normalized spacial score (nSPS) is 11.6. The van der Waals surface area contributed by atoms with Crippen LogP contribution in [0.2, 0.25) is 0 Å². The molecule has 3 rings (SSSR count). The van der Waals surface area contributed by atoms with Crippen LogP contribution in [0.5, 0.6) is 0 Å². The molecular weight excluding hydrogens is 358 g/mol. The first-order valence-electron chi connectivity index (χ1n) is 9.48. The van der Waals surface area contributed by atoms with E-state index in [0.717, 1.165) is 5.52 Å². The number of anilines is 2. The molecule has 3 aromatic rings. The van der Waals surface area contributed by atoms with E-state index < -0.39 is 11.2 Å². The highest BCUT2D eigenvalue weighted by Crippen LogP contribution is 2.23. The maximum Gasteiger partial charge on any atom is 0.330 e. The Morgan fingerprint density at radius 1 is 1.18 bits per heavy atom. The fraction of sp³-hybridized carbons (Fsp3) is 0.450. The SMILES string of the molecule is CC(C)CN(Cc1nc2ccccc2o1)c1c(N)n(CC(C)C)c(=O)[nH]c1=O. The lowest BCUT2D eigenvalue weighted by Crippen LogP contribution is -2.40. The van der Waals surface area contributed by atoms with Crippen LogP contribution in [0, 0.1) is 11.8 Å². The van der Waals surface area contributed by atoms with Crippen molar-refractivity contribution in [3.8, 4) is 0 Å². The van der Waals surface area contributed by atoms with Gasteiger partial charge in [0.15, 0.2) is 5.58 Å². The first-order chi connectivity index (χ1) is 13.3. The van der Waals surface area contributed by atoms with Crippen LogP contribution in [0.25, 0.3) is 11.1 Å². The molecule has 150 valence electrons. The summed E-state index contributed by atoms with van der Waals surface area (Å²) in [5, 5.41) is 0. The monoisotopic (exact) mass is 385 g/mol. The zero-order chi connectivity index (χ0) is 20.4. The lowest BCUT2D eigenvalue weighted by molar-refractivity contribution is 0.494. The molecule has 0 spiro atoms. The van der Waals surface area contributed by atoms with Crippen LogP contribution >= 0.6 is 0 Å². The Labute approximate surface area is 163 Å². The van der Waals surface area contributed by atoms with Gasteiger partial charge >= 0.3 is 5.69 Å². The van der Waals surface area contributed by atoms with Crippen molar-refractivity contribution in [2.75, 3.05) is 17.2 Å². The Bertz CT molecular complexity index is 1040. The van der Waals surface area contributed by atoms with Crippen molar-refractivity contribution >= 4 is 22.6 Å². The number of nitrogens with one attached hydrogen (secondary N) is 1. The highest BCUT2D eigenvalue weighted by Gasteiger charge is 2.22. The van der Waals surface area contributed by atoms with Crippen LogP contribution in [-0.2, 0) is 13.1 Å². The lowest BCUT2D eigenvalue weighted by atomic mass is 10.2. The van der Waals surface area contributed by atoms with Crippen LogP contribution in [-0.4, -0.2) is 21.1 Å². The molecule has 2 aromatic heterocycles. The Hall–Kier alpha value is -3.03. The molecule has 0 atom stereocenters. The minimum absolute atomic E-state index is 0.166. The van der Waals surface area contributed by atoms with Gasteiger partial charge in [0, 0.05) is 13.1 Å². The summed E-state index contributed by atoms with van der Waals surface area (Å²) >= 11 is 0. The molecule has 0 aliphatic rings. The number of fused-ring (bicyclic) bond motifs is 1. The number of nitrogens with two attached hydrogens (primary N) is 1. The molecule has 28 heavy (non-hydrogen) atoms. The highest BCUT2D eigenvalue weighted by atomic mass is 16.3. The van der Waals surface area contributed by atoms with E-state index >= 15 is 0 Å². The van der Waals surface area contributed by atoms with Crippen molar-refractivity contribution in [3.05, 3.63) is 51.0 Å². The Balaban J connectivity index is 2.06. The van der Waals surface area contributed by atoms with Gasteiger partial charge < -0.3 is 15.1 Å². The molecule has 0 unspecified atom stereocenters. The third-order valence-electron chi connectivity index (χ3n) is 4.33. The molecule has 2 heterocycles. The number of nitrogen functional groups attached to an aromatic ring is 1. The lowest BCUT2D eigenvalue weighted by Gasteiger charge is -2.26. The smallest absolute Gasteiger partial charge is 0.330 e. The molecule has 8 heteroatoms. The summed E-state index contributed by atoms with van der Waals surface area (Å²) in [7, 11) is 0. The second-order valence-electron chi connectivity index (χ2n) is 7.85. The number of rotatable bonds is 7. The van der Waals surface area contributed by atoms with Gasteiger partial charge in [0.2, 0.25) is 5.89 Å². The summed E-state index contributed by atoms with van der Waals surface area (Å²) in [6.07, 6.45) is 0. The van der Waals surface area contributed by atoms with E-state index in [0.29, 0.717) is 24.6 Å². The Morgan fingerprint density at radius 2 is 1.89 bits per heavy atom. The van der Waals surface area contributed by atoms with Gasteiger partial charge in [-0.2, -0.15) is 0 Å². The number of oxazole rings is 1. The van der Waals surface area contributed by atoms with Crippen molar-refractivity contribution in [2.45, 2.75) is 40.8 Å². The number of H-pyrrole nitrogens is 1. The topological polar surface area (TPSA) is 110 Å². The average molecular weight is 385 g/mol. The minimum atomic E-state index is -0.501. The molecular formula is C20H27N5O3. The first kappa shape index (κ1) is 19.7. The van der Waals surface area contributed by atoms with Gasteiger partial charge in [-0.25, -0.2) is 9.78 Å². The largest absolute Gasteiger partial charge is 0.439 e. The maximum atomic E-state index is 12.6. The van der Waals surface area contributed by atoms with E-state index in [9.17, 15) is 9.59 Å². The van der Waals surface area contributed by atoms with Crippen molar-refractivity contribution in [2.24, 2.45) is 11.8 Å². The molecule has 0 bridgehead atoms. The second-order valence-corrected chi connectivity index (χ2v) is 7.85. The minimum Gasteiger partial charge on any atom is -0.439 e. The van der Waals surface area contributed by atoms with Gasteiger partial charge in [-0.15, -0.1) is 0 Å². The summed E-state index contributed by atoms with van der Waals surface area (Å²) in [5.74, 6) is 1.12. The van der Waals surface area contributed by atoms with E-state index in [1.807, 2.05) is 56.9 Å². The fourth-order valence-corrected chi connectivity index (χ4v) is 3.26. The molecule has 0 radical (unpaired) electrons. The van der Waals surface area contributed by atoms with Crippen LogP contribution in [0.15, 0.2) is 38.3 Å². The van der Waals surface area contributed by atoms with Gasteiger partial charge in [-0.3, -0.25) is 14.3 Å². The molecule has 8 nitrogen and oxygen atoms in total. The summed E-state index contributed by atoms with van der Waals surface area (Å²) in [5.41, 5.74) is 7.01. The van der Waals surface area contributed by atoms with E-state index in [-0.39, 0.29) is 29.9 Å². The van der Waals surface area contributed by atoms with E-state index in [2.05, 4.69) is 9.97 Å². The number of nitrogens with zero attached hydrogens (tertiary/aromatic N) is 3. The molecule has 0 amide bonds. The third kappa shape index (κ3) is 4.11. The highest BCUT2D eigenvalue weighted by molar-refractivity contribution is 5.72. The predicted octanol–water partition coefficient (Wildman–Crippen LogP) is 2.58. The van der Waals surface area contributed by atoms with Crippen LogP contribution in [0.4, 0.5) is 11.5 Å². The molecule has 1 aromatic carbocycles. The van der Waals surface area contributed by atoms with Crippen LogP contribution in [0.3, 0.4) is 0 Å². The van der Waals surface area contributed by atoms with Crippen molar-refractivity contribution in [3.63, 3.8) is 0 Å². The summed E-state index contributed by atoms with van der Waals surface area (Å²) in [4.78, 5) is 33.6. The number of aromatic amines is 1. The number of hydrogen-bond acceptors (Lipinski definition) is 6. The van der Waals surface area contributed by atoms with Gasteiger partial charge in [0.05, 0.1) is 6.54 Å². The number of hydrogen-bond donors (Lipinski definition) is 2. The molecule has 0 saturated carbocycles. The quantitative estimate of drug-likeness (QED) is 0.647. The van der Waals surface area contributed by atoms with Crippen molar-refractivity contribution in [1.82, 2.24) is 14.5 Å². The maximum absolute atomic E-state index is 12.6. The molecule has 0 fully saturated rings. The Morgan fingerprint density at radius 3 is 2.54 bits per heavy atom. The van der Waals surface area contributed by atoms with Crippen LogP contribution < -0.4 is 21.9 Å². The van der Waals surface area contributed by atoms with E-state index in [1.165, 1.54) is 4.57 Å². The number of benzene rings is 1. The van der Waals surface area contributed by atoms with Crippen LogP contribution in [0.1, 0.15) is 33.6 Å². The second kappa shape index (κ2) is 7.92. The summed E-state index contributed by atoms with van der Waals surface area (Å²) in [6.45, 7) is 9.33. The predicted molar refractivity (Wildman–Crippen MR) is 110 cm³/mol. The third-order valence-corrected chi connectivity index (χ3v) is 4.33. The zero-order valence-corrected chi connectivity index (χ0v) is 16.7. The van der Waals surface area contributed by atoms with E-state index in [4.69, 9.17) is 10.2 Å². The molecule has 0 aliphatic heterocycles. The summed E-state index contributed by atoms with van der Waals surface area (Å²) < 4.78 is 7.24. The van der Waals surface area contributed by atoms with Gasteiger partial charge in [0.1, 0.15) is 17.0 Å². The Kier molecular flexibility index (Phi) is 5.58. The summed E-state index contributed by atoms with van der Waals surface area (Å²) in [6, 6.07) is 7.50. The van der Waals surface area contributed by atoms with E-state index in [1.54, 1.807) is 0 Å². The van der Waals surface area contributed by atoms with Gasteiger partial charge in [0.25, 0.3) is 5.56 Å². The number of aromatic nitrogens is 3. The number of para-hydroxylation sites is 2. The standard InChI is InChI=1S/C20H27N5O3/c1-12(2)9-24(11-16-22-14-7-5-6-8-15(14)28-16)17-18(21)25(10-13(3)4)20(27)23-19(17)26/h5-8,12-13H,9-11,21H2,1-4H3,(H,23,26,27). The van der Waals surface area contributed by atoms with Gasteiger partial charge in [-0.1, -0.05) is 39.8 Å². The zero-order valence-electron chi connectivity index (χ0n) is 16.7. The molecule has 0 aliphatic carbocycles. The fourth-order valence-electron chi connectivity index (χ4n) is 3.26. The molecule has 3 N–H and O–H groups in total. The molecule has 0 saturated heterocycles. The average Bonchev–Trinajstić information content (AvgIpc) is 3.00.